The second kappa shape index (κ2) is 9.34. The predicted molar refractivity (Wildman–Crippen MR) is 174 cm³/mol. The number of nitriles is 2. The van der Waals surface area contributed by atoms with Gasteiger partial charge in [0.2, 0.25) is 0 Å². The molecule has 208 valence electrons. The van der Waals surface area contributed by atoms with Gasteiger partial charge in [-0.15, -0.1) is 0 Å². The van der Waals surface area contributed by atoms with E-state index in [4.69, 9.17) is 0 Å². The van der Waals surface area contributed by atoms with E-state index in [9.17, 15) is 10.5 Å². The molecule has 0 saturated carbocycles. The molecular formula is C37H41N3Si. The van der Waals surface area contributed by atoms with Crippen molar-refractivity contribution in [3.8, 4) is 12.1 Å². The number of rotatable bonds is 4. The smallest absolute Gasteiger partial charge is 0.0995 e. The van der Waals surface area contributed by atoms with Crippen LogP contribution in [-0.4, -0.2) is 12.5 Å². The summed E-state index contributed by atoms with van der Waals surface area (Å²) in [5, 5.41) is 27.7. The molecule has 0 atom stereocenters. The number of aryl methyl sites for hydroxylation is 2. The van der Waals surface area contributed by atoms with Crippen LogP contribution in [0.2, 0.25) is 16.6 Å². The zero-order valence-electron chi connectivity index (χ0n) is 25.5. The van der Waals surface area contributed by atoms with Crippen LogP contribution in [0, 0.1) is 22.7 Å². The van der Waals surface area contributed by atoms with Crippen LogP contribution in [0.5, 0.6) is 0 Å². The van der Waals surface area contributed by atoms with E-state index in [1.165, 1.54) is 73.2 Å². The molecule has 3 nitrogen and oxygen atoms in total. The largest absolute Gasteiger partial charge is 0.308 e. The van der Waals surface area contributed by atoms with Gasteiger partial charge in [-0.2, -0.15) is 10.5 Å². The molecule has 0 amide bonds. The minimum absolute atomic E-state index is 0.621. The number of benzene rings is 3. The average Bonchev–Trinajstić information content (AvgIpc) is 3.47. The van der Waals surface area contributed by atoms with Gasteiger partial charge in [-0.1, -0.05) is 58.9 Å². The van der Waals surface area contributed by atoms with Crippen molar-refractivity contribution < 1.29 is 0 Å². The summed E-state index contributed by atoms with van der Waals surface area (Å²) in [5.41, 5.74) is 12.6. The van der Waals surface area contributed by atoms with Gasteiger partial charge in [0.05, 0.1) is 47.9 Å². The van der Waals surface area contributed by atoms with E-state index in [1.54, 1.807) is 5.19 Å². The molecule has 7 rings (SSSR count). The van der Waals surface area contributed by atoms with Crippen molar-refractivity contribution in [1.29, 1.82) is 10.5 Å². The number of hydrogen-bond acceptors (Lipinski definition) is 2. The van der Waals surface area contributed by atoms with Crippen LogP contribution in [-0.2, 0) is 25.7 Å². The highest BCUT2D eigenvalue weighted by atomic mass is 28.3. The molecule has 0 spiro atoms. The Morgan fingerprint density at radius 3 is 1.37 bits per heavy atom. The van der Waals surface area contributed by atoms with Crippen LogP contribution >= 0.6 is 0 Å². The number of fused-ring (bicyclic) bond motifs is 10. The summed E-state index contributed by atoms with van der Waals surface area (Å²) in [5.74, 6) is 0. The van der Waals surface area contributed by atoms with Crippen LogP contribution < -0.4 is 5.19 Å². The zero-order valence-corrected chi connectivity index (χ0v) is 26.5. The molecule has 2 aromatic heterocycles. The summed E-state index contributed by atoms with van der Waals surface area (Å²) in [7, 11) is -1.95. The van der Waals surface area contributed by atoms with Crippen molar-refractivity contribution in [3.05, 3.63) is 57.6 Å². The lowest BCUT2D eigenvalue weighted by Crippen LogP contribution is -2.55. The molecule has 0 aliphatic heterocycles. The first-order valence-electron chi connectivity index (χ1n) is 15.9. The van der Waals surface area contributed by atoms with E-state index in [0.717, 1.165) is 49.7 Å². The Kier molecular flexibility index (Phi) is 6.05. The monoisotopic (exact) mass is 555 g/mol. The number of nitrogens with zero attached hydrogens (tertiary/aromatic N) is 3. The number of hydrogen-bond donors (Lipinski definition) is 0. The van der Waals surface area contributed by atoms with Crippen molar-refractivity contribution >= 4 is 51.4 Å². The van der Waals surface area contributed by atoms with Crippen LogP contribution in [0.25, 0.3) is 38.1 Å². The molecule has 5 aromatic rings. The maximum absolute atomic E-state index is 10.3. The third-order valence-corrected chi connectivity index (χ3v) is 18.2. The van der Waals surface area contributed by atoms with Crippen LogP contribution in [0.1, 0.15) is 101 Å². The van der Waals surface area contributed by atoms with Crippen molar-refractivity contribution in [2.45, 2.75) is 110 Å². The summed E-state index contributed by atoms with van der Waals surface area (Å²) in [4.78, 5) is 0. The lowest BCUT2D eigenvalue weighted by atomic mass is 9.84. The molecule has 4 heteroatoms. The fourth-order valence-electron chi connectivity index (χ4n) is 9.89. The van der Waals surface area contributed by atoms with Gasteiger partial charge in [-0.3, -0.25) is 0 Å². The van der Waals surface area contributed by atoms with E-state index in [2.05, 4.69) is 82.3 Å². The summed E-state index contributed by atoms with van der Waals surface area (Å²) >= 11 is 0. The van der Waals surface area contributed by atoms with Crippen LogP contribution in [0.3, 0.4) is 0 Å². The second-order valence-corrected chi connectivity index (χ2v) is 19.7. The molecule has 2 aliphatic carbocycles. The normalized spacial score (nSPS) is 15.9. The SMILES string of the molecule is CC(C)[Si](c1cc2c3c4c(c(C#N)cc3n3c5cc(C#N)c6c(c5c(c1)c23)CCCC6)CCCC4)(C(C)C)C(C)C. The predicted octanol–water partition coefficient (Wildman–Crippen LogP) is 9.22. The maximum Gasteiger partial charge on any atom is 0.0995 e. The lowest BCUT2D eigenvalue weighted by molar-refractivity contribution is 0.688. The standard InChI is InChI=1S/C37H41N3Si/c1-21(2)41(22(3)4,23(5)6)26-17-31-35-29-13-9-7-11-27(29)24(19-38)15-33(35)40-34-16-25(20-39)28-12-8-10-14-30(28)36(34)32(18-26)37(31)40/h15-18,21-23H,7-14H2,1-6H3. The van der Waals surface area contributed by atoms with Crippen molar-refractivity contribution in [3.63, 3.8) is 0 Å². The second-order valence-electron chi connectivity index (χ2n) is 13.8. The Balaban J connectivity index is 1.78. The van der Waals surface area contributed by atoms with Gasteiger partial charge >= 0.3 is 0 Å². The molecule has 2 aliphatic rings. The fourth-order valence-corrected chi connectivity index (χ4v) is 16.7. The first-order valence-corrected chi connectivity index (χ1v) is 18.2. The highest BCUT2D eigenvalue weighted by Gasteiger charge is 2.45. The minimum atomic E-state index is -1.95. The van der Waals surface area contributed by atoms with E-state index in [-0.39, 0.29) is 0 Å². The molecule has 0 radical (unpaired) electrons. The Morgan fingerprint density at radius 2 is 1.00 bits per heavy atom. The molecule has 2 heterocycles. The van der Waals surface area contributed by atoms with Crippen molar-refractivity contribution in [2.75, 3.05) is 0 Å². The summed E-state index contributed by atoms with van der Waals surface area (Å²) < 4.78 is 2.45. The minimum Gasteiger partial charge on any atom is -0.308 e. The van der Waals surface area contributed by atoms with Crippen LogP contribution in [0.15, 0.2) is 24.3 Å². The summed E-state index contributed by atoms with van der Waals surface area (Å²) in [6.07, 6.45) is 8.77. The molecule has 0 saturated heterocycles. The van der Waals surface area contributed by atoms with Crippen molar-refractivity contribution in [2.24, 2.45) is 0 Å². The van der Waals surface area contributed by atoms with Crippen LogP contribution in [0.4, 0.5) is 0 Å². The molecule has 0 unspecified atom stereocenters. The summed E-state index contributed by atoms with van der Waals surface area (Å²) in [6.45, 7) is 14.8. The third kappa shape index (κ3) is 3.35. The lowest BCUT2D eigenvalue weighted by Gasteiger charge is -2.44. The van der Waals surface area contributed by atoms with Gasteiger partial charge in [0, 0.05) is 21.5 Å². The first-order chi connectivity index (χ1) is 19.7. The average molecular weight is 556 g/mol. The zero-order chi connectivity index (χ0) is 28.8. The molecular weight excluding hydrogens is 515 g/mol. The Hall–Kier alpha value is -3.34. The topological polar surface area (TPSA) is 52.0 Å². The van der Waals surface area contributed by atoms with E-state index in [0.29, 0.717) is 16.6 Å². The van der Waals surface area contributed by atoms with Gasteiger partial charge < -0.3 is 4.40 Å². The quantitative estimate of drug-likeness (QED) is 0.208. The van der Waals surface area contributed by atoms with Gasteiger partial charge in [0.25, 0.3) is 0 Å². The van der Waals surface area contributed by atoms with E-state index in [1.807, 2.05) is 0 Å². The molecule has 0 bridgehead atoms. The fraction of sp³-hybridized carbons (Fsp3) is 0.459. The highest BCUT2D eigenvalue weighted by molar-refractivity contribution is 6.95. The van der Waals surface area contributed by atoms with E-state index >= 15 is 0 Å². The van der Waals surface area contributed by atoms with Crippen molar-refractivity contribution in [1.82, 2.24) is 4.40 Å². The molecule has 3 aromatic carbocycles. The van der Waals surface area contributed by atoms with Gasteiger partial charge in [-0.25, -0.2) is 0 Å². The number of aromatic nitrogens is 1. The van der Waals surface area contributed by atoms with Gasteiger partial charge in [-0.05, 0) is 102 Å². The Labute approximate surface area is 245 Å². The molecule has 0 fully saturated rings. The summed E-state index contributed by atoms with van der Waals surface area (Å²) in [6, 6.07) is 14.7. The molecule has 41 heavy (non-hydrogen) atoms. The highest BCUT2D eigenvalue weighted by Crippen LogP contribution is 2.48. The first kappa shape index (κ1) is 26.5. The maximum atomic E-state index is 10.3. The Bertz CT molecular complexity index is 1810. The van der Waals surface area contributed by atoms with Gasteiger partial charge in [0.1, 0.15) is 0 Å². The molecule has 0 N–H and O–H groups in total. The third-order valence-electron chi connectivity index (χ3n) is 11.2. The van der Waals surface area contributed by atoms with E-state index < -0.39 is 8.07 Å². The van der Waals surface area contributed by atoms with Gasteiger partial charge in [0.15, 0.2) is 0 Å². The Morgan fingerprint density at radius 1 is 0.610 bits per heavy atom.